The molecule has 4 rings (SSSR count). The number of benzene rings is 1. The predicted octanol–water partition coefficient (Wildman–Crippen LogP) is 10.9. The molecule has 1 unspecified atom stereocenters. The van der Waals surface area contributed by atoms with E-state index in [-0.39, 0.29) is 0 Å². The summed E-state index contributed by atoms with van der Waals surface area (Å²) in [5, 5.41) is 0. The Morgan fingerprint density at radius 1 is 0.812 bits per heavy atom. The van der Waals surface area contributed by atoms with Gasteiger partial charge in [-0.25, -0.2) is 0 Å². The normalized spacial score (nSPS) is 20.1. The lowest BCUT2D eigenvalue weighted by Gasteiger charge is -2.32. The first kappa shape index (κ1) is 24.0. The van der Waals surface area contributed by atoms with E-state index < -0.39 is 0 Å². The second kappa shape index (κ2) is 11.8. The van der Waals surface area contributed by atoms with Crippen molar-refractivity contribution in [1.29, 1.82) is 0 Å². The zero-order valence-electron chi connectivity index (χ0n) is 20.5. The lowest BCUT2D eigenvalue weighted by Crippen LogP contribution is -2.18. The SMILES string of the molecule is CCCCCCCC1CCC(C(C)c2cc3sc(-c4ccc(CCC)cc4)cc3s2)CC1. The highest BCUT2D eigenvalue weighted by molar-refractivity contribution is 7.29. The van der Waals surface area contributed by atoms with Gasteiger partial charge in [0.2, 0.25) is 0 Å². The second-order valence-electron chi connectivity index (χ2n) is 10.2. The third-order valence-corrected chi connectivity index (χ3v) is 10.3. The molecule has 2 aromatic heterocycles. The van der Waals surface area contributed by atoms with Crippen molar-refractivity contribution >= 4 is 32.1 Å². The van der Waals surface area contributed by atoms with Crippen molar-refractivity contribution < 1.29 is 0 Å². The maximum atomic E-state index is 2.52. The summed E-state index contributed by atoms with van der Waals surface area (Å²) in [6.07, 6.45) is 16.9. The molecule has 32 heavy (non-hydrogen) atoms. The molecule has 1 atom stereocenters. The third kappa shape index (κ3) is 6.06. The van der Waals surface area contributed by atoms with E-state index in [4.69, 9.17) is 0 Å². The van der Waals surface area contributed by atoms with Crippen LogP contribution in [-0.2, 0) is 6.42 Å². The van der Waals surface area contributed by atoms with E-state index in [9.17, 15) is 0 Å². The fourth-order valence-corrected chi connectivity index (χ4v) is 8.15. The number of aryl methyl sites for hydroxylation is 1. The molecule has 1 aliphatic carbocycles. The first-order valence-corrected chi connectivity index (χ1v) is 14.9. The fraction of sp³-hybridized carbons (Fsp3) is 0.600. The van der Waals surface area contributed by atoms with E-state index in [0.717, 1.165) is 17.8 Å². The summed E-state index contributed by atoms with van der Waals surface area (Å²) in [5.41, 5.74) is 2.83. The molecule has 1 fully saturated rings. The minimum absolute atomic E-state index is 0.724. The van der Waals surface area contributed by atoms with Crippen LogP contribution in [0.1, 0.15) is 108 Å². The van der Waals surface area contributed by atoms with Gasteiger partial charge in [-0.15, -0.1) is 22.7 Å². The van der Waals surface area contributed by atoms with Crippen molar-refractivity contribution in [1.82, 2.24) is 0 Å². The molecular formula is C30H42S2. The molecule has 1 saturated carbocycles. The van der Waals surface area contributed by atoms with Crippen molar-refractivity contribution in [2.24, 2.45) is 11.8 Å². The van der Waals surface area contributed by atoms with E-state index >= 15 is 0 Å². The van der Waals surface area contributed by atoms with Crippen molar-refractivity contribution in [3.63, 3.8) is 0 Å². The van der Waals surface area contributed by atoms with Gasteiger partial charge < -0.3 is 0 Å². The lowest BCUT2D eigenvalue weighted by molar-refractivity contribution is 0.237. The predicted molar refractivity (Wildman–Crippen MR) is 146 cm³/mol. The van der Waals surface area contributed by atoms with Gasteiger partial charge >= 0.3 is 0 Å². The van der Waals surface area contributed by atoms with Gasteiger partial charge in [0.15, 0.2) is 0 Å². The molecule has 174 valence electrons. The van der Waals surface area contributed by atoms with Crippen LogP contribution in [-0.4, -0.2) is 0 Å². The highest BCUT2D eigenvalue weighted by atomic mass is 32.1. The van der Waals surface area contributed by atoms with Crippen molar-refractivity contribution in [3.8, 4) is 10.4 Å². The first-order valence-electron chi connectivity index (χ1n) is 13.3. The van der Waals surface area contributed by atoms with E-state index in [0.29, 0.717) is 0 Å². The summed E-state index contributed by atoms with van der Waals surface area (Å²) in [7, 11) is 0. The Morgan fingerprint density at radius 3 is 2.22 bits per heavy atom. The highest BCUT2D eigenvalue weighted by Crippen LogP contribution is 2.45. The Bertz CT molecular complexity index is 906. The minimum Gasteiger partial charge on any atom is -0.139 e. The van der Waals surface area contributed by atoms with E-state index in [1.54, 1.807) is 4.88 Å². The Labute approximate surface area is 204 Å². The number of fused-ring (bicyclic) bond motifs is 1. The fourth-order valence-electron chi connectivity index (χ4n) is 5.59. The molecule has 0 nitrogen and oxygen atoms in total. The first-order chi connectivity index (χ1) is 15.7. The Hall–Kier alpha value is -1.12. The van der Waals surface area contributed by atoms with Crippen molar-refractivity contribution in [3.05, 3.63) is 46.8 Å². The number of hydrogen-bond donors (Lipinski definition) is 0. The number of unbranched alkanes of at least 4 members (excludes halogenated alkanes) is 4. The van der Waals surface area contributed by atoms with Gasteiger partial charge in [-0.05, 0) is 60.3 Å². The van der Waals surface area contributed by atoms with Crippen molar-refractivity contribution in [2.75, 3.05) is 0 Å². The summed E-state index contributed by atoms with van der Waals surface area (Å²) >= 11 is 4.04. The maximum absolute atomic E-state index is 2.52. The van der Waals surface area contributed by atoms with Gasteiger partial charge in [-0.3, -0.25) is 0 Å². The average molecular weight is 467 g/mol. The van der Waals surface area contributed by atoms with Crippen LogP contribution >= 0.6 is 22.7 Å². The summed E-state index contributed by atoms with van der Waals surface area (Å²) in [6.45, 7) is 7.06. The van der Waals surface area contributed by atoms with Gasteiger partial charge in [-0.2, -0.15) is 0 Å². The molecule has 0 amide bonds. The van der Waals surface area contributed by atoms with Crippen molar-refractivity contribution in [2.45, 2.75) is 104 Å². The average Bonchev–Trinajstić information content (AvgIpc) is 3.39. The zero-order valence-corrected chi connectivity index (χ0v) is 22.1. The van der Waals surface area contributed by atoms with Gasteiger partial charge in [-0.1, -0.05) is 103 Å². The molecule has 0 bridgehead atoms. The van der Waals surface area contributed by atoms with Gasteiger partial charge in [0, 0.05) is 19.2 Å². The summed E-state index contributed by atoms with van der Waals surface area (Å²) in [6, 6.07) is 14.2. The highest BCUT2D eigenvalue weighted by Gasteiger charge is 2.27. The maximum Gasteiger partial charge on any atom is 0.0460 e. The number of rotatable bonds is 11. The quantitative estimate of drug-likeness (QED) is 0.246. The van der Waals surface area contributed by atoms with Crippen LogP contribution in [0.4, 0.5) is 0 Å². The monoisotopic (exact) mass is 466 g/mol. The smallest absolute Gasteiger partial charge is 0.0460 e. The topological polar surface area (TPSA) is 0 Å². The molecule has 1 aromatic carbocycles. The molecule has 2 heterocycles. The van der Waals surface area contributed by atoms with Crippen LogP contribution in [0.15, 0.2) is 36.4 Å². The van der Waals surface area contributed by atoms with Gasteiger partial charge in [0.1, 0.15) is 0 Å². The number of hydrogen-bond acceptors (Lipinski definition) is 2. The summed E-state index contributed by atoms with van der Waals surface area (Å²) in [4.78, 5) is 3.05. The zero-order chi connectivity index (χ0) is 22.3. The molecular weight excluding hydrogens is 424 g/mol. The molecule has 1 aliphatic rings. The lowest BCUT2D eigenvalue weighted by atomic mass is 9.74. The van der Waals surface area contributed by atoms with Crippen LogP contribution in [0, 0.1) is 11.8 Å². The van der Waals surface area contributed by atoms with Gasteiger partial charge in [0.25, 0.3) is 0 Å². The van der Waals surface area contributed by atoms with Crippen LogP contribution in [0.2, 0.25) is 0 Å². The molecule has 0 N–H and O–H groups in total. The molecule has 0 saturated heterocycles. The minimum atomic E-state index is 0.724. The van der Waals surface area contributed by atoms with Gasteiger partial charge in [0.05, 0.1) is 0 Å². The number of thiophene rings is 2. The van der Waals surface area contributed by atoms with E-state index in [1.165, 1.54) is 102 Å². The summed E-state index contributed by atoms with van der Waals surface area (Å²) in [5.74, 6) is 2.63. The van der Waals surface area contributed by atoms with E-state index in [2.05, 4.69) is 68.5 Å². The molecule has 0 spiro atoms. The Morgan fingerprint density at radius 2 is 1.53 bits per heavy atom. The Balaban J connectivity index is 1.31. The molecule has 0 radical (unpaired) electrons. The van der Waals surface area contributed by atoms with Crippen LogP contribution in [0.25, 0.3) is 19.8 Å². The molecule has 2 heteroatoms. The van der Waals surface area contributed by atoms with E-state index in [1.807, 2.05) is 11.3 Å². The van der Waals surface area contributed by atoms with Crippen LogP contribution in [0.5, 0.6) is 0 Å². The Kier molecular flexibility index (Phi) is 8.89. The van der Waals surface area contributed by atoms with Crippen LogP contribution < -0.4 is 0 Å². The largest absolute Gasteiger partial charge is 0.139 e. The second-order valence-corrected chi connectivity index (χ2v) is 12.4. The standard InChI is InChI=1S/C30H42S2/c1-4-6-7-8-9-11-24-12-16-25(17-13-24)22(3)27-20-29-30(31-27)21-28(32-29)26-18-14-23(10-5-2)15-19-26/h14-15,18-22,24-25H,4-13,16-17H2,1-3H3. The summed E-state index contributed by atoms with van der Waals surface area (Å²) < 4.78 is 2.98. The van der Waals surface area contributed by atoms with Crippen LogP contribution in [0.3, 0.4) is 0 Å². The molecule has 3 aromatic rings. The third-order valence-electron chi connectivity index (χ3n) is 7.77. The molecule has 0 aliphatic heterocycles.